The van der Waals surface area contributed by atoms with Crippen molar-refractivity contribution in [3.8, 4) is 0 Å². The van der Waals surface area contributed by atoms with Crippen molar-refractivity contribution in [3.63, 3.8) is 0 Å². The van der Waals surface area contributed by atoms with Gasteiger partial charge in [0.2, 0.25) is 0 Å². The van der Waals surface area contributed by atoms with E-state index in [1.807, 2.05) is 11.3 Å². The van der Waals surface area contributed by atoms with Crippen molar-refractivity contribution < 1.29 is 0 Å². The Kier molecular flexibility index (Phi) is 5.82. The molecule has 2 aliphatic heterocycles. The zero-order valence-corrected chi connectivity index (χ0v) is 20.8. The van der Waals surface area contributed by atoms with E-state index in [4.69, 9.17) is 9.97 Å². The summed E-state index contributed by atoms with van der Waals surface area (Å²) in [6.45, 7) is 7.31. The molecule has 0 spiro atoms. The van der Waals surface area contributed by atoms with Crippen LogP contribution < -0.4 is 4.90 Å². The second-order valence-corrected chi connectivity index (χ2v) is 11.4. The number of rotatable bonds is 5. The van der Waals surface area contributed by atoms with Gasteiger partial charge in [-0.15, -0.1) is 21.5 Å². The Balaban J connectivity index is 1.33. The predicted molar refractivity (Wildman–Crippen MR) is 133 cm³/mol. The van der Waals surface area contributed by atoms with Gasteiger partial charge in [0.15, 0.2) is 5.82 Å². The molecule has 0 saturated carbocycles. The molecule has 5 heterocycles. The third-order valence-corrected chi connectivity index (χ3v) is 8.95. The number of nitrogens with zero attached hydrogens (tertiary/aromatic N) is 7. The van der Waals surface area contributed by atoms with Crippen LogP contribution in [0.2, 0.25) is 0 Å². The molecule has 1 saturated heterocycles. The van der Waals surface area contributed by atoms with Crippen LogP contribution in [0.4, 0.5) is 5.82 Å². The van der Waals surface area contributed by atoms with Gasteiger partial charge < -0.3 is 9.47 Å². The Morgan fingerprint density at radius 2 is 1.85 bits per heavy atom. The highest BCUT2D eigenvalue weighted by atomic mass is 32.1. The molecule has 33 heavy (non-hydrogen) atoms. The van der Waals surface area contributed by atoms with Gasteiger partial charge in [-0.3, -0.25) is 4.90 Å². The fourth-order valence-corrected chi connectivity index (χ4v) is 7.01. The minimum absolute atomic E-state index is 0.740. The molecule has 0 amide bonds. The van der Waals surface area contributed by atoms with E-state index in [0.29, 0.717) is 0 Å². The van der Waals surface area contributed by atoms with Gasteiger partial charge in [0.25, 0.3) is 0 Å². The minimum Gasteiger partial charge on any atom is -0.351 e. The second-order valence-electron chi connectivity index (χ2n) is 10.3. The zero-order valence-electron chi connectivity index (χ0n) is 20.0. The highest BCUT2D eigenvalue weighted by Gasteiger charge is 2.26. The number of piperidine rings is 1. The molecule has 0 bridgehead atoms. The van der Waals surface area contributed by atoms with Gasteiger partial charge in [0.05, 0.1) is 18.5 Å². The molecule has 6 rings (SSSR count). The molecule has 8 heteroatoms. The number of thiophene rings is 1. The van der Waals surface area contributed by atoms with Crippen LogP contribution >= 0.6 is 11.3 Å². The van der Waals surface area contributed by atoms with Crippen molar-refractivity contribution in [2.24, 2.45) is 5.92 Å². The Bertz CT molecular complexity index is 1140. The van der Waals surface area contributed by atoms with Crippen LogP contribution in [0.5, 0.6) is 0 Å². The van der Waals surface area contributed by atoms with E-state index in [1.165, 1.54) is 65.6 Å². The largest absolute Gasteiger partial charge is 0.351 e. The average Bonchev–Trinajstić information content (AvgIpc) is 3.45. The molecule has 176 valence electrons. The molecule has 0 N–H and O–H groups in total. The molecule has 1 aliphatic carbocycles. The predicted octanol–water partition coefficient (Wildman–Crippen LogP) is 4.37. The lowest BCUT2D eigenvalue weighted by Crippen LogP contribution is -2.33. The van der Waals surface area contributed by atoms with Gasteiger partial charge in [-0.25, -0.2) is 9.97 Å². The summed E-state index contributed by atoms with van der Waals surface area (Å²) in [5.41, 5.74) is 1.50. The number of hydrogen-bond acceptors (Lipinski definition) is 7. The zero-order chi connectivity index (χ0) is 22.4. The number of anilines is 1. The fraction of sp³-hybridized carbons (Fsp3) is 0.680. The average molecular weight is 466 g/mol. The summed E-state index contributed by atoms with van der Waals surface area (Å²) in [5.74, 6) is 5.12. The van der Waals surface area contributed by atoms with E-state index in [0.717, 1.165) is 74.8 Å². The van der Waals surface area contributed by atoms with E-state index in [1.54, 1.807) is 0 Å². The van der Waals surface area contributed by atoms with E-state index >= 15 is 0 Å². The standard InChI is InChI=1S/C25H35N7S/c1-17-10-13-31(14-11-17)15-20-26-24(23-18-7-6-8-19(18)33-25(23)27-20)30(2)16-22-29-28-21-9-4-3-5-12-32(21)22/h17H,3-16H2,1-2H3. The van der Waals surface area contributed by atoms with E-state index in [2.05, 4.69) is 38.5 Å². The van der Waals surface area contributed by atoms with Gasteiger partial charge in [-0.2, -0.15) is 0 Å². The number of hydrogen-bond donors (Lipinski definition) is 0. The lowest BCUT2D eigenvalue weighted by atomic mass is 9.99. The van der Waals surface area contributed by atoms with Crippen molar-refractivity contribution in [2.75, 3.05) is 25.0 Å². The first kappa shape index (κ1) is 21.5. The summed E-state index contributed by atoms with van der Waals surface area (Å²) in [6.07, 6.45) is 10.9. The summed E-state index contributed by atoms with van der Waals surface area (Å²) < 4.78 is 2.36. The fourth-order valence-electron chi connectivity index (χ4n) is 5.74. The Morgan fingerprint density at radius 1 is 0.970 bits per heavy atom. The SMILES string of the molecule is CC1CCN(Cc2nc(N(C)Cc3nnc4n3CCCCC4)c3c4c(sc3n2)CCC4)CC1. The molecular weight excluding hydrogens is 430 g/mol. The first-order valence-electron chi connectivity index (χ1n) is 12.8. The van der Waals surface area contributed by atoms with Crippen LogP contribution in [-0.4, -0.2) is 49.8 Å². The Morgan fingerprint density at radius 3 is 2.73 bits per heavy atom. The topological polar surface area (TPSA) is 63.0 Å². The Labute approximate surface area is 200 Å². The van der Waals surface area contributed by atoms with Crippen LogP contribution in [0.3, 0.4) is 0 Å². The quantitative estimate of drug-likeness (QED) is 0.558. The van der Waals surface area contributed by atoms with Crippen molar-refractivity contribution in [1.29, 1.82) is 0 Å². The summed E-state index contributed by atoms with van der Waals surface area (Å²) in [4.78, 5) is 17.8. The third kappa shape index (κ3) is 4.16. The van der Waals surface area contributed by atoms with E-state index in [-0.39, 0.29) is 0 Å². The number of likely N-dealkylation sites (tertiary alicyclic amines) is 1. The molecule has 0 radical (unpaired) electrons. The van der Waals surface area contributed by atoms with Gasteiger partial charge in [0, 0.05) is 24.9 Å². The molecule has 0 atom stereocenters. The maximum atomic E-state index is 5.20. The molecule has 7 nitrogen and oxygen atoms in total. The molecule has 3 aromatic rings. The van der Waals surface area contributed by atoms with Gasteiger partial charge in [-0.05, 0) is 69.5 Å². The van der Waals surface area contributed by atoms with Crippen molar-refractivity contribution in [1.82, 2.24) is 29.6 Å². The highest BCUT2D eigenvalue weighted by Crippen LogP contribution is 2.40. The first-order chi connectivity index (χ1) is 16.2. The summed E-state index contributed by atoms with van der Waals surface area (Å²) in [7, 11) is 2.17. The van der Waals surface area contributed by atoms with Crippen molar-refractivity contribution >= 4 is 27.4 Å². The van der Waals surface area contributed by atoms with Crippen LogP contribution in [0, 0.1) is 5.92 Å². The van der Waals surface area contributed by atoms with Crippen LogP contribution in [0.15, 0.2) is 0 Å². The molecule has 0 unspecified atom stereocenters. The maximum absolute atomic E-state index is 5.20. The van der Waals surface area contributed by atoms with Gasteiger partial charge in [-0.1, -0.05) is 13.3 Å². The summed E-state index contributed by atoms with van der Waals surface area (Å²) in [6, 6.07) is 0. The maximum Gasteiger partial charge on any atom is 0.152 e. The molecule has 0 aromatic carbocycles. The minimum atomic E-state index is 0.740. The number of aryl methyl sites for hydroxylation is 3. The molecule has 1 fully saturated rings. The first-order valence-corrected chi connectivity index (χ1v) is 13.6. The van der Waals surface area contributed by atoms with Crippen LogP contribution in [0.25, 0.3) is 10.2 Å². The van der Waals surface area contributed by atoms with E-state index < -0.39 is 0 Å². The van der Waals surface area contributed by atoms with Crippen molar-refractivity contribution in [3.05, 3.63) is 27.9 Å². The summed E-state index contributed by atoms with van der Waals surface area (Å²) >= 11 is 1.90. The van der Waals surface area contributed by atoms with E-state index in [9.17, 15) is 0 Å². The molecule has 3 aromatic heterocycles. The van der Waals surface area contributed by atoms with Crippen LogP contribution in [0.1, 0.15) is 73.4 Å². The Hall–Kier alpha value is -2.06. The second kappa shape index (κ2) is 8.95. The van der Waals surface area contributed by atoms with Crippen molar-refractivity contribution in [2.45, 2.75) is 84.3 Å². The highest BCUT2D eigenvalue weighted by molar-refractivity contribution is 7.19. The van der Waals surface area contributed by atoms with Crippen LogP contribution in [-0.2, 0) is 38.9 Å². The monoisotopic (exact) mass is 465 g/mol. The smallest absolute Gasteiger partial charge is 0.152 e. The lowest BCUT2D eigenvalue weighted by Gasteiger charge is -2.29. The van der Waals surface area contributed by atoms with Gasteiger partial charge in [0.1, 0.15) is 22.3 Å². The summed E-state index contributed by atoms with van der Waals surface area (Å²) in [5, 5.41) is 10.4. The van der Waals surface area contributed by atoms with Gasteiger partial charge >= 0.3 is 0 Å². The molecular formula is C25H35N7S. The molecule has 3 aliphatic rings. The number of fused-ring (bicyclic) bond motifs is 4. The third-order valence-electron chi connectivity index (χ3n) is 7.76. The normalized spacial score (nSPS) is 19.6. The number of aromatic nitrogens is 5. The lowest BCUT2D eigenvalue weighted by molar-refractivity contribution is 0.181.